The lowest BCUT2D eigenvalue weighted by molar-refractivity contribution is 0.0701. The van der Waals surface area contributed by atoms with Crippen LogP contribution in [0.4, 0.5) is 0 Å². The highest BCUT2D eigenvalue weighted by molar-refractivity contribution is 7.44. The summed E-state index contributed by atoms with van der Waals surface area (Å²) >= 11 is 0. The molecule has 0 aromatic carbocycles. The molecule has 0 unspecified atom stereocenters. The molecule has 0 amide bonds. The van der Waals surface area contributed by atoms with Gasteiger partial charge in [0, 0.05) is 0 Å². The normalized spacial score (nSPS) is 13.2. The van der Waals surface area contributed by atoms with Crippen molar-refractivity contribution in [2.24, 2.45) is 40.0 Å². The SMILES string of the molecule is CC(C)C(C#N)(COP(N)OCC(C#N)(C(C)C)C(C)C)C(C)C. The van der Waals surface area contributed by atoms with Gasteiger partial charge in [-0.25, -0.2) is 0 Å². The Hall–Kier alpha value is -0.710. The van der Waals surface area contributed by atoms with Crippen molar-refractivity contribution in [3.05, 3.63) is 0 Å². The number of nitriles is 2. The van der Waals surface area contributed by atoms with Crippen LogP contribution >= 0.6 is 8.53 Å². The minimum Gasteiger partial charge on any atom is -0.321 e. The first-order chi connectivity index (χ1) is 11.0. The molecule has 0 bridgehead atoms. The van der Waals surface area contributed by atoms with Gasteiger partial charge in [0.2, 0.25) is 0 Å². The zero-order valence-corrected chi connectivity index (χ0v) is 17.4. The number of hydrogen-bond acceptors (Lipinski definition) is 5. The monoisotopic (exact) mass is 355 g/mol. The van der Waals surface area contributed by atoms with E-state index in [1.165, 1.54) is 0 Å². The van der Waals surface area contributed by atoms with Crippen LogP contribution in [0, 0.1) is 57.2 Å². The maximum atomic E-state index is 9.63. The van der Waals surface area contributed by atoms with Gasteiger partial charge in [-0.2, -0.15) is 10.5 Å². The van der Waals surface area contributed by atoms with E-state index in [4.69, 9.17) is 14.6 Å². The largest absolute Gasteiger partial charge is 0.321 e. The highest BCUT2D eigenvalue weighted by Crippen LogP contribution is 2.43. The van der Waals surface area contributed by atoms with E-state index in [0.29, 0.717) is 0 Å². The lowest BCUT2D eigenvalue weighted by Crippen LogP contribution is -2.37. The molecule has 0 saturated heterocycles. The fourth-order valence-electron chi connectivity index (χ4n) is 2.96. The molecular formula is C18H34N3O2P. The zero-order valence-electron chi connectivity index (χ0n) is 16.5. The van der Waals surface area contributed by atoms with Crippen LogP contribution in [0.2, 0.25) is 0 Å². The summed E-state index contributed by atoms with van der Waals surface area (Å²) in [5.41, 5.74) is 4.82. The van der Waals surface area contributed by atoms with E-state index in [-0.39, 0.29) is 36.9 Å². The molecule has 24 heavy (non-hydrogen) atoms. The molecule has 0 aliphatic heterocycles. The molecule has 0 spiro atoms. The Kier molecular flexibility index (Phi) is 9.40. The van der Waals surface area contributed by atoms with Gasteiger partial charge in [0.05, 0.1) is 36.2 Å². The van der Waals surface area contributed by atoms with Crippen LogP contribution in [0.1, 0.15) is 55.4 Å². The molecule has 0 atom stereocenters. The van der Waals surface area contributed by atoms with Crippen molar-refractivity contribution in [2.45, 2.75) is 55.4 Å². The van der Waals surface area contributed by atoms with Gasteiger partial charge in [0.1, 0.15) is 0 Å². The van der Waals surface area contributed by atoms with Crippen molar-refractivity contribution >= 4 is 8.53 Å². The maximum absolute atomic E-state index is 9.63. The molecule has 0 aliphatic rings. The van der Waals surface area contributed by atoms with Gasteiger partial charge >= 0.3 is 0 Å². The van der Waals surface area contributed by atoms with Gasteiger partial charge in [-0.3, -0.25) is 5.50 Å². The number of rotatable bonds is 10. The van der Waals surface area contributed by atoms with Gasteiger partial charge in [-0.05, 0) is 23.7 Å². The third-order valence-corrected chi connectivity index (χ3v) is 6.17. The van der Waals surface area contributed by atoms with Crippen molar-refractivity contribution in [1.29, 1.82) is 10.5 Å². The second kappa shape index (κ2) is 9.69. The van der Waals surface area contributed by atoms with Gasteiger partial charge < -0.3 is 9.05 Å². The Balaban J connectivity index is 4.90. The van der Waals surface area contributed by atoms with Gasteiger partial charge in [0.25, 0.3) is 8.53 Å². The van der Waals surface area contributed by atoms with E-state index < -0.39 is 19.4 Å². The zero-order chi connectivity index (χ0) is 19.1. The summed E-state index contributed by atoms with van der Waals surface area (Å²) < 4.78 is 11.4. The third-order valence-electron chi connectivity index (χ3n) is 5.40. The molecule has 6 heteroatoms. The van der Waals surface area contributed by atoms with Gasteiger partial charge in [0.15, 0.2) is 0 Å². The Morgan fingerprint density at radius 1 is 0.750 bits per heavy atom. The molecule has 138 valence electrons. The van der Waals surface area contributed by atoms with E-state index in [1.54, 1.807) is 0 Å². The van der Waals surface area contributed by atoms with Crippen LogP contribution in [0.5, 0.6) is 0 Å². The van der Waals surface area contributed by atoms with Gasteiger partial charge in [-0.15, -0.1) is 0 Å². The summed E-state index contributed by atoms with van der Waals surface area (Å²) in [4.78, 5) is 0. The first-order valence-electron chi connectivity index (χ1n) is 8.63. The fraction of sp³-hybridized carbons (Fsp3) is 0.889. The molecule has 0 heterocycles. The van der Waals surface area contributed by atoms with Crippen molar-refractivity contribution < 1.29 is 9.05 Å². The molecule has 2 N–H and O–H groups in total. The molecule has 0 aromatic rings. The number of nitrogens with zero attached hydrogens (tertiary/aromatic N) is 2. The number of nitrogens with two attached hydrogens (primary N) is 1. The van der Waals surface area contributed by atoms with Crippen LogP contribution in [-0.4, -0.2) is 13.2 Å². The fourth-order valence-corrected chi connectivity index (χ4v) is 3.72. The Labute approximate surface area is 149 Å². The first kappa shape index (κ1) is 23.3. The van der Waals surface area contributed by atoms with Crippen molar-refractivity contribution in [1.82, 2.24) is 0 Å². The van der Waals surface area contributed by atoms with Crippen LogP contribution in [-0.2, 0) is 9.05 Å². The standard InChI is InChI=1S/C18H34N3O2P/c1-13(2)17(9-19,14(3)4)11-22-24(21)23-12-18(10-20,15(5)6)16(7)8/h13-16H,11-12,21H2,1-8H3. The van der Waals surface area contributed by atoms with E-state index >= 15 is 0 Å². The summed E-state index contributed by atoms with van der Waals surface area (Å²) in [7, 11) is -1.62. The molecule has 0 aromatic heterocycles. The summed E-state index contributed by atoms with van der Waals surface area (Å²) in [5.74, 6) is 0.594. The van der Waals surface area contributed by atoms with E-state index in [1.807, 2.05) is 55.4 Å². The molecule has 0 fully saturated rings. The minimum absolute atomic E-state index is 0.149. The van der Waals surface area contributed by atoms with E-state index in [9.17, 15) is 10.5 Å². The summed E-state index contributed by atoms with van der Waals surface area (Å²) in [5, 5.41) is 19.3. The predicted molar refractivity (Wildman–Crippen MR) is 98.5 cm³/mol. The summed E-state index contributed by atoms with van der Waals surface area (Å²) in [6.45, 7) is 16.6. The van der Waals surface area contributed by atoms with Crippen LogP contribution < -0.4 is 5.50 Å². The van der Waals surface area contributed by atoms with Gasteiger partial charge in [-0.1, -0.05) is 55.4 Å². The lowest BCUT2D eigenvalue weighted by Gasteiger charge is -2.36. The molecule has 0 radical (unpaired) electrons. The molecular weight excluding hydrogens is 321 g/mol. The minimum atomic E-state index is -1.62. The molecule has 0 aliphatic carbocycles. The van der Waals surface area contributed by atoms with Crippen LogP contribution in [0.15, 0.2) is 0 Å². The first-order valence-corrected chi connectivity index (χ1v) is 9.88. The summed E-state index contributed by atoms with van der Waals surface area (Å²) in [6, 6.07) is 4.82. The predicted octanol–water partition coefficient (Wildman–Crippen LogP) is 4.85. The van der Waals surface area contributed by atoms with E-state index in [0.717, 1.165) is 0 Å². The highest BCUT2D eigenvalue weighted by atomic mass is 31.2. The second-order valence-electron chi connectivity index (χ2n) is 7.76. The van der Waals surface area contributed by atoms with E-state index in [2.05, 4.69) is 12.1 Å². The molecule has 0 saturated carbocycles. The highest BCUT2D eigenvalue weighted by Gasteiger charge is 2.40. The third kappa shape index (κ3) is 5.14. The van der Waals surface area contributed by atoms with Crippen molar-refractivity contribution in [3.8, 4) is 12.1 Å². The van der Waals surface area contributed by atoms with Crippen LogP contribution in [0.3, 0.4) is 0 Å². The quantitative estimate of drug-likeness (QED) is 0.566. The number of hydrogen-bond donors (Lipinski definition) is 1. The lowest BCUT2D eigenvalue weighted by atomic mass is 9.71. The topological polar surface area (TPSA) is 92.1 Å². The molecule has 5 nitrogen and oxygen atoms in total. The maximum Gasteiger partial charge on any atom is 0.253 e. The smallest absolute Gasteiger partial charge is 0.253 e. The molecule has 0 rings (SSSR count). The Morgan fingerprint density at radius 3 is 1.17 bits per heavy atom. The Morgan fingerprint density at radius 2 is 1.00 bits per heavy atom. The van der Waals surface area contributed by atoms with Crippen molar-refractivity contribution in [2.75, 3.05) is 13.2 Å². The van der Waals surface area contributed by atoms with Crippen molar-refractivity contribution in [3.63, 3.8) is 0 Å². The van der Waals surface area contributed by atoms with Crippen LogP contribution in [0.25, 0.3) is 0 Å². The average Bonchev–Trinajstić information content (AvgIpc) is 2.47. The average molecular weight is 355 g/mol. The summed E-state index contributed by atoms with van der Waals surface area (Å²) in [6.07, 6.45) is 0. The second-order valence-corrected chi connectivity index (χ2v) is 8.84. The Bertz CT molecular complexity index is 406.